The van der Waals surface area contributed by atoms with Crippen molar-refractivity contribution in [1.82, 2.24) is 4.98 Å². The Hall–Kier alpha value is -3.30. The van der Waals surface area contributed by atoms with Gasteiger partial charge in [0.1, 0.15) is 5.82 Å². The number of pyridine rings is 1. The summed E-state index contributed by atoms with van der Waals surface area (Å²) >= 11 is 0. The molecule has 4 rings (SSSR count). The van der Waals surface area contributed by atoms with Crippen LogP contribution in [0.25, 0.3) is 22.4 Å². The van der Waals surface area contributed by atoms with E-state index >= 15 is 0 Å². The van der Waals surface area contributed by atoms with E-state index < -0.39 is 32.0 Å². The van der Waals surface area contributed by atoms with Crippen LogP contribution in [0.4, 0.5) is 4.39 Å². The van der Waals surface area contributed by atoms with Crippen molar-refractivity contribution in [2.24, 2.45) is 0 Å². The predicted octanol–water partition coefficient (Wildman–Crippen LogP) is 5.19. The van der Waals surface area contributed by atoms with Gasteiger partial charge in [-0.25, -0.2) is 4.39 Å². The molecule has 0 saturated heterocycles. The lowest BCUT2D eigenvalue weighted by Gasteiger charge is -2.25. The van der Waals surface area contributed by atoms with E-state index in [0.717, 1.165) is 34.4 Å². The number of hydrogen-bond donors (Lipinski definition) is 3. The zero-order valence-corrected chi connectivity index (χ0v) is 20.9. The Morgan fingerprint density at radius 3 is 2.50 bits per heavy atom. The summed E-state index contributed by atoms with van der Waals surface area (Å²) in [4.78, 5) is 26.2. The molecule has 8 heteroatoms. The second kappa shape index (κ2) is 10.4. The van der Waals surface area contributed by atoms with E-state index in [1.165, 1.54) is 17.7 Å². The maximum absolute atomic E-state index is 13.8. The highest BCUT2D eigenvalue weighted by Crippen LogP contribution is 2.43. The van der Waals surface area contributed by atoms with Crippen molar-refractivity contribution in [3.8, 4) is 34.0 Å². The molecule has 0 amide bonds. The summed E-state index contributed by atoms with van der Waals surface area (Å²) in [6.07, 6.45) is -1.34. The molecule has 2 atom stereocenters. The third kappa shape index (κ3) is 5.57. The van der Waals surface area contributed by atoms with Crippen LogP contribution in [0.3, 0.4) is 0 Å². The van der Waals surface area contributed by atoms with Crippen molar-refractivity contribution < 1.29 is 28.9 Å². The van der Waals surface area contributed by atoms with Gasteiger partial charge in [-0.1, -0.05) is 56.2 Å². The number of benzene rings is 2. The van der Waals surface area contributed by atoms with Crippen molar-refractivity contribution >= 4 is 13.3 Å². The van der Waals surface area contributed by atoms with Gasteiger partial charge in [0.15, 0.2) is 0 Å². The lowest BCUT2D eigenvalue weighted by atomic mass is 9.81. The normalized spacial score (nSPS) is 14.7. The van der Waals surface area contributed by atoms with Gasteiger partial charge in [0, 0.05) is 11.1 Å². The zero-order chi connectivity index (χ0) is 26.0. The molecule has 1 aliphatic carbocycles. The minimum atomic E-state index is -4.18. The lowest BCUT2D eigenvalue weighted by Crippen LogP contribution is -2.17. The van der Waals surface area contributed by atoms with Crippen LogP contribution in [0.2, 0.25) is 0 Å². The Bertz CT molecular complexity index is 1420. The van der Waals surface area contributed by atoms with Gasteiger partial charge in [0.2, 0.25) is 0 Å². The molecule has 2 unspecified atom stereocenters. The maximum atomic E-state index is 13.8. The molecule has 36 heavy (non-hydrogen) atoms. The summed E-state index contributed by atoms with van der Waals surface area (Å²) < 4.78 is 26.6. The number of aliphatic carboxylic acids is 1. The van der Waals surface area contributed by atoms with Crippen LogP contribution in [0.5, 0.6) is 0 Å². The molecule has 3 N–H and O–H groups in total. The van der Waals surface area contributed by atoms with Crippen molar-refractivity contribution in [2.75, 3.05) is 6.16 Å². The van der Waals surface area contributed by atoms with E-state index in [2.05, 4.69) is 17.6 Å². The van der Waals surface area contributed by atoms with Crippen LogP contribution >= 0.6 is 7.37 Å². The number of rotatable bonds is 6. The van der Waals surface area contributed by atoms with E-state index in [1.807, 2.05) is 32.0 Å². The summed E-state index contributed by atoms with van der Waals surface area (Å²) in [6, 6.07) is 14.1. The predicted molar refractivity (Wildman–Crippen MR) is 136 cm³/mol. The molecule has 6 nitrogen and oxygen atoms in total. The van der Waals surface area contributed by atoms with E-state index in [4.69, 9.17) is 10.1 Å². The molecule has 1 heterocycles. The quantitative estimate of drug-likeness (QED) is 0.313. The molecule has 0 saturated carbocycles. The molecule has 186 valence electrons. The number of carboxylic acid groups (broad SMARTS) is 1. The highest BCUT2D eigenvalue weighted by molar-refractivity contribution is 7.63. The molecular weight excluding hydrogens is 480 g/mol. The second-order valence-corrected chi connectivity index (χ2v) is 11.3. The Morgan fingerprint density at radius 2 is 1.83 bits per heavy atom. The van der Waals surface area contributed by atoms with E-state index in [-0.39, 0.29) is 11.7 Å². The molecule has 2 aromatic carbocycles. The van der Waals surface area contributed by atoms with Gasteiger partial charge in [0.05, 0.1) is 35.6 Å². The molecule has 0 fully saturated rings. The van der Waals surface area contributed by atoms with Gasteiger partial charge < -0.3 is 15.1 Å². The van der Waals surface area contributed by atoms with E-state index in [1.54, 1.807) is 12.1 Å². The fourth-order valence-corrected chi connectivity index (χ4v) is 5.63. The summed E-state index contributed by atoms with van der Waals surface area (Å²) in [5, 5.41) is 18.7. The first kappa shape index (κ1) is 25.8. The number of hydrogen-bond acceptors (Lipinski definition) is 4. The second-order valence-electron chi connectivity index (χ2n) is 9.27. The lowest BCUT2D eigenvalue weighted by molar-refractivity contribution is -0.138. The minimum Gasteiger partial charge on any atom is -0.481 e. The summed E-state index contributed by atoms with van der Waals surface area (Å²) in [5.41, 5.74) is 8.98. The SMILES string of the molecule is CC(C)c1nc2c(c(-c3ccc(F)cc3)c1C#CP(=O)(O)CC(O)CC(=O)O)CCc1ccccc1-2. The monoisotopic (exact) mass is 507 g/mol. The van der Waals surface area contributed by atoms with Gasteiger partial charge in [-0.05, 0) is 53.2 Å². The third-order valence-corrected chi connectivity index (χ3v) is 7.52. The van der Waals surface area contributed by atoms with Crippen LogP contribution in [0.1, 0.15) is 48.6 Å². The smallest absolute Gasteiger partial charge is 0.305 e. The Balaban J connectivity index is 1.94. The van der Waals surface area contributed by atoms with Crippen LogP contribution in [0, 0.1) is 17.4 Å². The summed E-state index contributed by atoms with van der Waals surface area (Å²) in [5.74, 6) is 1.14. The van der Waals surface area contributed by atoms with E-state index in [9.17, 15) is 23.7 Å². The first-order chi connectivity index (χ1) is 17.1. The topological polar surface area (TPSA) is 108 Å². The number of aryl methyl sites for hydroxylation is 1. The average Bonchev–Trinajstić information content (AvgIpc) is 2.81. The molecule has 1 aromatic heterocycles. The molecule has 3 aromatic rings. The molecule has 0 bridgehead atoms. The Kier molecular flexibility index (Phi) is 7.42. The molecular formula is C28H27FNO5P. The number of carboxylic acids is 1. The minimum absolute atomic E-state index is 0.0800. The Labute approximate surface area is 209 Å². The van der Waals surface area contributed by atoms with E-state index in [0.29, 0.717) is 17.7 Å². The molecule has 0 aliphatic heterocycles. The van der Waals surface area contributed by atoms with Crippen LogP contribution in [0.15, 0.2) is 48.5 Å². The summed E-state index contributed by atoms with van der Waals surface area (Å²) in [6.45, 7) is 3.91. The fourth-order valence-electron chi connectivity index (χ4n) is 4.56. The molecule has 0 radical (unpaired) electrons. The van der Waals surface area contributed by atoms with Gasteiger partial charge in [0.25, 0.3) is 7.37 Å². The number of aliphatic hydroxyl groups is 1. The number of aromatic nitrogens is 1. The zero-order valence-electron chi connectivity index (χ0n) is 20.0. The number of fused-ring (bicyclic) bond motifs is 3. The van der Waals surface area contributed by atoms with Gasteiger partial charge in [-0.2, -0.15) is 0 Å². The Morgan fingerprint density at radius 1 is 1.14 bits per heavy atom. The molecule has 0 spiro atoms. The van der Waals surface area contributed by atoms with Crippen LogP contribution < -0.4 is 0 Å². The summed E-state index contributed by atoms with van der Waals surface area (Å²) in [7, 11) is -4.18. The van der Waals surface area contributed by atoms with Crippen molar-refractivity contribution in [3.63, 3.8) is 0 Å². The average molecular weight is 507 g/mol. The highest BCUT2D eigenvalue weighted by atomic mass is 31.2. The number of carbonyl (C=O) groups is 1. The largest absolute Gasteiger partial charge is 0.481 e. The first-order valence-corrected chi connectivity index (χ1v) is 13.6. The number of aliphatic hydroxyl groups excluding tert-OH is 1. The first-order valence-electron chi connectivity index (χ1n) is 11.7. The van der Waals surface area contributed by atoms with Gasteiger partial charge in [-0.15, -0.1) is 0 Å². The van der Waals surface area contributed by atoms with Crippen LogP contribution in [-0.4, -0.2) is 38.3 Å². The molecule has 1 aliphatic rings. The van der Waals surface area contributed by atoms with Crippen LogP contribution in [-0.2, 0) is 22.2 Å². The van der Waals surface area contributed by atoms with Crippen molar-refractivity contribution in [1.29, 1.82) is 0 Å². The third-order valence-electron chi connectivity index (χ3n) is 6.15. The standard InChI is InChI=1S/C28H27FNO5P/c1-17(2)27-24(13-14-36(34,35)16-21(31)15-25(32)33)26(19-7-10-20(29)11-8-19)23-12-9-18-5-3-4-6-22(18)28(23)30-27/h3-8,10-11,17,21,31H,9,12,15-16H2,1-2H3,(H,32,33)(H,34,35). The fraction of sp³-hybridized carbons (Fsp3) is 0.286. The maximum Gasteiger partial charge on any atom is 0.305 e. The van der Waals surface area contributed by atoms with Crippen molar-refractivity contribution in [2.45, 2.75) is 45.1 Å². The highest BCUT2D eigenvalue weighted by Gasteiger charge is 2.27. The number of halogens is 1. The number of nitrogens with zero attached hydrogens (tertiary/aromatic N) is 1. The van der Waals surface area contributed by atoms with Gasteiger partial charge >= 0.3 is 5.97 Å². The van der Waals surface area contributed by atoms with Crippen molar-refractivity contribution in [3.05, 3.63) is 76.7 Å². The van der Waals surface area contributed by atoms with Gasteiger partial charge in [-0.3, -0.25) is 14.3 Å².